The summed E-state index contributed by atoms with van der Waals surface area (Å²) < 4.78 is 0. The van der Waals surface area contributed by atoms with Crippen molar-refractivity contribution in [3.63, 3.8) is 0 Å². The molecule has 1 aromatic heterocycles. The van der Waals surface area contributed by atoms with Gasteiger partial charge in [-0.2, -0.15) is 10.1 Å². The van der Waals surface area contributed by atoms with Crippen molar-refractivity contribution in [2.75, 3.05) is 23.0 Å². The molecular formula is C29H29N3O3S. The number of carbonyl (C=O) groups excluding carboxylic acids is 1. The van der Waals surface area contributed by atoms with Crippen LogP contribution in [-0.4, -0.2) is 35.8 Å². The highest BCUT2D eigenvalue weighted by atomic mass is 32.1. The number of hydrogen-bond donors (Lipinski definition) is 1. The molecule has 0 atom stereocenters. The Kier molecular flexibility index (Phi) is 7.00. The molecule has 7 heteroatoms. The molecule has 0 bridgehead atoms. The Balaban J connectivity index is 1.41. The molecule has 2 aromatic carbocycles. The van der Waals surface area contributed by atoms with Crippen molar-refractivity contribution in [1.29, 1.82) is 0 Å². The smallest absolute Gasteiger partial charge is 0.309 e. The number of hydrogen-bond acceptors (Lipinski definition) is 5. The molecule has 1 N–H and O–H groups in total. The number of unbranched alkanes of at least 4 members (excludes halogenated alkanes) is 1. The predicted molar refractivity (Wildman–Crippen MR) is 147 cm³/mol. The number of aryl methyl sites for hydroxylation is 1. The summed E-state index contributed by atoms with van der Waals surface area (Å²) in [7, 11) is 0. The van der Waals surface area contributed by atoms with Crippen LogP contribution in [0, 0.1) is 0 Å². The maximum atomic E-state index is 13.2. The van der Waals surface area contributed by atoms with Crippen molar-refractivity contribution in [3.8, 4) is 10.4 Å². The van der Waals surface area contributed by atoms with Crippen LogP contribution in [0.25, 0.3) is 16.5 Å². The second kappa shape index (κ2) is 10.5. The number of fused-ring (bicyclic) bond motifs is 1. The normalized spacial score (nSPS) is 16.4. The lowest BCUT2D eigenvalue weighted by Gasteiger charge is -2.31. The van der Waals surface area contributed by atoms with Gasteiger partial charge in [-0.25, -0.2) is 0 Å². The Morgan fingerprint density at radius 3 is 2.75 bits per heavy atom. The third-order valence-corrected chi connectivity index (χ3v) is 7.63. The van der Waals surface area contributed by atoms with Gasteiger partial charge >= 0.3 is 5.97 Å². The van der Waals surface area contributed by atoms with Gasteiger partial charge in [-0.05, 0) is 72.9 Å². The molecular weight excluding hydrogens is 470 g/mol. The monoisotopic (exact) mass is 499 g/mol. The Bertz CT molecular complexity index is 1340. The molecule has 0 radical (unpaired) electrons. The zero-order valence-corrected chi connectivity index (χ0v) is 21.1. The van der Waals surface area contributed by atoms with Gasteiger partial charge in [0.1, 0.15) is 0 Å². The minimum absolute atomic E-state index is 0.271. The molecule has 0 saturated heterocycles. The summed E-state index contributed by atoms with van der Waals surface area (Å²) in [6.45, 7) is 4.46. The van der Waals surface area contributed by atoms with Crippen LogP contribution in [0.3, 0.4) is 0 Å². The number of amides is 1. The van der Waals surface area contributed by atoms with Gasteiger partial charge in [0.2, 0.25) is 0 Å². The van der Waals surface area contributed by atoms with E-state index in [1.54, 1.807) is 29.5 Å². The van der Waals surface area contributed by atoms with Crippen molar-refractivity contribution in [1.82, 2.24) is 0 Å². The average Bonchev–Trinajstić information content (AvgIpc) is 3.48. The van der Waals surface area contributed by atoms with E-state index in [2.05, 4.69) is 41.2 Å². The molecule has 1 amide bonds. The lowest BCUT2D eigenvalue weighted by atomic mass is 9.98. The lowest BCUT2D eigenvalue weighted by Crippen LogP contribution is -2.30. The second-order valence-electron chi connectivity index (χ2n) is 9.12. The molecule has 5 rings (SSSR count). The van der Waals surface area contributed by atoms with Crippen LogP contribution in [0.1, 0.15) is 43.0 Å². The number of carbonyl (C=O) groups is 2. The Hall–Kier alpha value is -3.71. The fourth-order valence-electron chi connectivity index (χ4n) is 4.76. The second-order valence-corrected chi connectivity index (χ2v) is 10.2. The molecule has 0 aliphatic carbocycles. The van der Waals surface area contributed by atoms with Gasteiger partial charge in [0.25, 0.3) is 5.91 Å². The topological polar surface area (TPSA) is 73.2 Å². The van der Waals surface area contributed by atoms with E-state index in [-0.39, 0.29) is 18.0 Å². The first-order chi connectivity index (χ1) is 17.5. The third kappa shape index (κ3) is 4.97. The van der Waals surface area contributed by atoms with Crippen LogP contribution in [0.4, 0.5) is 11.4 Å². The summed E-state index contributed by atoms with van der Waals surface area (Å²) in [4.78, 5) is 29.2. The van der Waals surface area contributed by atoms with Crippen molar-refractivity contribution in [2.24, 2.45) is 5.10 Å². The maximum Gasteiger partial charge on any atom is 0.309 e. The summed E-state index contributed by atoms with van der Waals surface area (Å²) in [5.41, 5.74) is 5.12. The highest BCUT2D eigenvalue weighted by Gasteiger charge is 2.32. The van der Waals surface area contributed by atoms with Crippen LogP contribution in [0.15, 0.2) is 71.3 Å². The van der Waals surface area contributed by atoms with E-state index < -0.39 is 5.97 Å². The number of para-hydroxylation sites is 1. The molecule has 2 aliphatic rings. The fourth-order valence-corrected chi connectivity index (χ4v) is 5.71. The lowest BCUT2D eigenvalue weighted by molar-refractivity contribution is -0.135. The number of aliphatic carboxylic acids is 1. The molecule has 0 unspecified atom stereocenters. The number of nitrogens with zero attached hydrogens (tertiary/aromatic N) is 3. The third-order valence-electron chi connectivity index (χ3n) is 6.55. The van der Waals surface area contributed by atoms with Crippen molar-refractivity contribution in [3.05, 3.63) is 76.7 Å². The summed E-state index contributed by atoms with van der Waals surface area (Å²) in [6.07, 6.45) is 6.13. The van der Waals surface area contributed by atoms with Gasteiger partial charge in [-0.3, -0.25) is 9.59 Å². The number of anilines is 2. The van der Waals surface area contributed by atoms with E-state index in [0.717, 1.165) is 29.3 Å². The number of hydrazone groups is 1. The number of rotatable bonds is 8. The highest BCUT2D eigenvalue weighted by molar-refractivity contribution is 7.16. The van der Waals surface area contributed by atoms with Gasteiger partial charge in [0.15, 0.2) is 0 Å². The number of benzene rings is 2. The van der Waals surface area contributed by atoms with Gasteiger partial charge in [-0.15, -0.1) is 11.3 Å². The number of carboxylic acid groups (broad SMARTS) is 1. The molecule has 0 spiro atoms. The zero-order valence-electron chi connectivity index (χ0n) is 20.3. The van der Waals surface area contributed by atoms with E-state index in [1.165, 1.54) is 41.1 Å². The standard InChI is InChI=1S/C29H29N3O3S/c1-2-3-15-31-16-7-8-20-17-21(11-13-26(20)31)27-14-12-23(36-27)18-24-25(19-28(33)34)30-32(29(24)35)22-9-5-4-6-10-22/h4-6,9-14,17-18H,2-3,7-8,15-16,19H2,1H3,(H,33,34)/b24-18-. The summed E-state index contributed by atoms with van der Waals surface area (Å²) >= 11 is 1.60. The maximum absolute atomic E-state index is 13.2. The van der Waals surface area contributed by atoms with Crippen LogP contribution < -0.4 is 9.91 Å². The molecule has 6 nitrogen and oxygen atoms in total. The van der Waals surface area contributed by atoms with E-state index in [1.807, 2.05) is 24.3 Å². The van der Waals surface area contributed by atoms with Gasteiger partial charge in [-0.1, -0.05) is 37.6 Å². The van der Waals surface area contributed by atoms with Crippen LogP contribution in [0.5, 0.6) is 0 Å². The summed E-state index contributed by atoms with van der Waals surface area (Å²) in [5.74, 6) is -1.33. The van der Waals surface area contributed by atoms with E-state index in [0.29, 0.717) is 11.3 Å². The minimum Gasteiger partial charge on any atom is -0.481 e. The fraction of sp³-hybridized carbons (Fsp3) is 0.276. The van der Waals surface area contributed by atoms with Gasteiger partial charge in [0, 0.05) is 28.5 Å². The van der Waals surface area contributed by atoms with Gasteiger partial charge < -0.3 is 10.0 Å². The predicted octanol–water partition coefficient (Wildman–Crippen LogP) is 6.23. The van der Waals surface area contributed by atoms with Crippen molar-refractivity contribution < 1.29 is 14.7 Å². The van der Waals surface area contributed by atoms with Crippen LogP contribution >= 0.6 is 11.3 Å². The Morgan fingerprint density at radius 2 is 1.97 bits per heavy atom. The minimum atomic E-state index is -1.02. The molecule has 2 aliphatic heterocycles. The first kappa shape index (κ1) is 24.0. The van der Waals surface area contributed by atoms with E-state index >= 15 is 0 Å². The van der Waals surface area contributed by atoms with E-state index in [4.69, 9.17) is 0 Å². The van der Waals surface area contributed by atoms with Crippen molar-refractivity contribution in [2.45, 2.75) is 39.0 Å². The largest absolute Gasteiger partial charge is 0.481 e. The van der Waals surface area contributed by atoms with E-state index in [9.17, 15) is 14.7 Å². The Labute approximate surface area is 215 Å². The molecule has 36 heavy (non-hydrogen) atoms. The van der Waals surface area contributed by atoms with Gasteiger partial charge in [0.05, 0.1) is 23.4 Å². The molecule has 3 heterocycles. The summed E-state index contributed by atoms with van der Waals surface area (Å²) in [5, 5.41) is 15.0. The molecule has 0 saturated carbocycles. The number of carboxylic acids is 1. The summed E-state index contributed by atoms with van der Waals surface area (Å²) in [6, 6.07) is 19.8. The SMILES string of the molecule is CCCCN1CCCc2cc(-c3ccc(/C=C4\C(=O)N(c5ccccc5)N=C4CC(=O)O)s3)ccc21. The first-order valence-electron chi connectivity index (χ1n) is 12.4. The zero-order chi connectivity index (χ0) is 25.1. The number of thiophene rings is 1. The molecule has 0 fully saturated rings. The molecule has 3 aromatic rings. The first-order valence-corrected chi connectivity index (χ1v) is 13.2. The Morgan fingerprint density at radius 1 is 1.14 bits per heavy atom. The van der Waals surface area contributed by atoms with Crippen molar-refractivity contribution >= 4 is 46.4 Å². The highest BCUT2D eigenvalue weighted by Crippen LogP contribution is 2.36. The molecule has 184 valence electrons. The van der Waals surface area contributed by atoms with Crippen LogP contribution in [0.2, 0.25) is 0 Å². The van der Waals surface area contributed by atoms with Crippen LogP contribution in [-0.2, 0) is 16.0 Å². The quantitative estimate of drug-likeness (QED) is 0.373. The average molecular weight is 500 g/mol.